The minimum atomic E-state index is -1.07. The molecule has 2 rings (SSSR count). The van der Waals surface area contributed by atoms with Crippen LogP contribution < -0.4 is 5.32 Å². The molecule has 3 atom stereocenters. The van der Waals surface area contributed by atoms with E-state index in [9.17, 15) is 14.4 Å². The summed E-state index contributed by atoms with van der Waals surface area (Å²) < 4.78 is 0. The number of hydrogen-bond acceptors (Lipinski definition) is 3. The Morgan fingerprint density at radius 2 is 2.00 bits per heavy atom. The van der Waals surface area contributed by atoms with Crippen molar-refractivity contribution in [3.8, 4) is 0 Å². The van der Waals surface area contributed by atoms with Gasteiger partial charge in [0.15, 0.2) is 0 Å². The summed E-state index contributed by atoms with van der Waals surface area (Å²) in [6, 6.07) is -1.62. The zero-order valence-electron chi connectivity index (χ0n) is 10.5. The summed E-state index contributed by atoms with van der Waals surface area (Å²) in [5.41, 5.74) is 0. The number of hydrogen-bond donors (Lipinski definition) is 2. The van der Waals surface area contributed by atoms with Crippen molar-refractivity contribution in [2.24, 2.45) is 0 Å². The molecule has 18 heavy (non-hydrogen) atoms. The number of nitrogens with zero attached hydrogens (tertiary/aromatic N) is 3. The average Bonchev–Trinajstić information content (AvgIpc) is 2.73. The monoisotopic (exact) mass is 256 g/mol. The molecule has 0 aromatic heterocycles. The van der Waals surface area contributed by atoms with Gasteiger partial charge in [-0.1, -0.05) is 6.92 Å². The van der Waals surface area contributed by atoms with Gasteiger partial charge in [0.2, 0.25) is 0 Å². The molecule has 0 unspecified atom stereocenters. The Morgan fingerprint density at radius 1 is 1.39 bits per heavy atom. The Morgan fingerprint density at radius 3 is 2.50 bits per heavy atom. The van der Waals surface area contributed by atoms with E-state index in [-0.39, 0.29) is 12.5 Å². The SMILES string of the molecule is CC[C@H](C(=O)O)N1C(=O)N[C@H]2[C@H]1N(C)C(=O)N2C. The standard InChI is InChI=1S/C10H16N4O4/c1-4-5(8(15)16)14-7-6(11-9(14)17)12(2)10(18)13(7)3/h5-7H,4H2,1-3H3,(H,11,17)(H,15,16)/t5-,6-,7+/m1/s1. The third-order valence-corrected chi connectivity index (χ3v) is 3.50. The van der Waals surface area contributed by atoms with Crippen LogP contribution in [-0.4, -0.2) is 70.3 Å². The number of aliphatic carboxylic acids is 1. The van der Waals surface area contributed by atoms with Crippen molar-refractivity contribution in [1.82, 2.24) is 20.0 Å². The number of nitrogens with one attached hydrogen (secondary N) is 1. The van der Waals surface area contributed by atoms with Crippen molar-refractivity contribution in [3.63, 3.8) is 0 Å². The summed E-state index contributed by atoms with van der Waals surface area (Å²) in [7, 11) is 3.14. The number of carboxylic acids is 1. The van der Waals surface area contributed by atoms with Crippen molar-refractivity contribution in [1.29, 1.82) is 0 Å². The van der Waals surface area contributed by atoms with Gasteiger partial charge in [-0.3, -0.25) is 4.90 Å². The molecule has 2 saturated heterocycles. The van der Waals surface area contributed by atoms with Crippen LogP contribution in [0.2, 0.25) is 0 Å². The van der Waals surface area contributed by atoms with E-state index in [0.29, 0.717) is 0 Å². The maximum absolute atomic E-state index is 11.9. The highest BCUT2D eigenvalue weighted by Crippen LogP contribution is 2.29. The van der Waals surface area contributed by atoms with Crippen LogP contribution in [0.1, 0.15) is 13.3 Å². The van der Waals surface area contributed by atoms with E-state index in [1.165, 1.54) is 14.7 Å². The van der Waals surface area contributed by atoms with Gasteiger partial charge < -0.3 is 20.2 Å². The third-order valence-electron chi connectivity index (χ3n) is 3.50. The normalized spacial score (nSPS) is 28.5. The highest BCUT2D eigenvalue weighted by molar-refractivity contribution is 5.88. The number of fused-ring (bicyclic) bond motifs is 1. The van der Waals surface area contributed by atoms with Crippen molar-refractivity contribution in [2.75, 3.05) is 14.1 Å². The molecule has 0 saturated carbocycles. The van der Waals surface area contributed by atoms with Crippen LogP contribution in [0.25, 0.3) is 0 Å². The average molecular weight is 256 g/mol. The van der Waals surface area contributed by atoms with Crippen LogP contribution in [0.15, 0.2) is 0 Å². The molecule has 2 N–H and O–H groups in total. The summed E-state index contributed by atoms with van der Waals surface area (Å²) in [6.45, 7) is 1.69. The molecule has 0 aliphatic carbocycles. The van der Waals surface area contributed by atoms with E-state index in [1.54, 1.807) is 21.0 Å². The van der Waals surface area contributed by atoms with Gasteiger partial charge >= 0.3 is 18.0 Å². The lowest BCUT2D eigenvalue weighted by Crippen LogP contribution is -2.52. The van der Waals surface area contributed by atoms with Crippen LogP contribution in [0.5, 0.6) is 0 Å². The molecule has 8 heteroatoms. The molecule has 2 aliphatic rings. The smallest absolute Gasteiger partial charge is 0.326 e. The van der Waals surface area contributed by atoms with E-state index in [1.807, 2.05) is 0 Å². The van der Waals surface area contributed by atoms with Gasteiger partial charge in [-0.15, -0.1) is 0 Å². The van der Waals surface area contributed by atoms with Gasteiger partial charge in [-0.2, -0.15) is 0 Å². The second kappa shape index (κ2) is 4.04. The van der Waals surface area contributed by atoms with E-state index < -0.39 is 30.4 Å². The van der Waals surface area contributed by atoms with Gasteiger partial charge in [0, 0.05) is 14.1 Å². The van der Waals surface area contributed by atoms with Gasteiger partial charge in [0.1, 0.15) is 18.4 Å². The maximum atomic E-state index is 11.9. The largest absolute Gasteiger partial charge is 0.480 e. The van der Waals surface area contributed by atoms with Gasteiger partial charge in [-0.05, 0) is 6.42 Å². The maximum Gasteiger partial charge on any atom is 0.326 e. The number of rotatable bonds is 3. The van der Waals surface area contributed by atoms with Gasteiger partial charge in [0.25, 0.3) is 0 Å². The molecule has 0 spiro atoms. The van der Waals surface area contributed by atoms with Crippen molar-refractivity contribution >= 4 is 18.0 Å². The molecule has 4 amide bonds. The van der Waals surface area contributed by atoms with E-state index in [0.717, 1.165) is 0 Å². The molecular weight excluding hydrogens is 240 g/mol. The van der Waals surface area contributed by atoms with Gasteiger partial charge in [-0.25, -0.2) is 14.4 Å². The predicted molar refractivity (Wildman–Crippen MR) is 60.6 cm³/mol. The third kappa shape index (κ3) is 1.48. The topological polar surface area (TPSA) is 93.2 Å². The first-order chi connectivity index (χ1) is 8.40. The number of likely N-dealkylation sites (N-methyl/N-ethyl adjacent to an activating group) is 2. The number of carbonyl (C=O) groups excluding carboxylic acids is 2. The van der Waals surface area contributed by atoms with Crippen molar-refractivity contribution in [3.05, 3.63) is 0 Å². The lowest BCUT2D eigenvalue weighted by molar-refractivity contribution is -0.143. The lowest BCUT2D eigenvalue weighted by Gasteiger charge is -2.30. The summed E-state index contributed by atoms with van der Waals surface area (Å²) >= 11 is 0. The minimum absolute atomic E-state index is 0.241. The van der Waals surface area contributed by atoms with E-state index in [2.05, 4.69) is 5.32 Å². The fraction of sp³-hybridized carbons (Fsp3) is 0.700. The van der Waals surface area contributed by atoms with Crippen LogP contribution in [0, 0.1) is 0 Å². The summed E-state index contributed by atoms with van der Waals surface area (Å²) in [6.07, 6.45) is -0.781. The molecule has 2 fully saturated rings. The Labute approximate surface area is 104 Å². The summed E-state index contributed by atoms with van der Waals surface area (Å²) in [4.78, 5) is 38.9. The number of amides is 4. The molecule has 100 valence electrons. The number of carboxylic acid groups (broad SMARTS) is 1. The molecule has 0 radical (unpaired) electrons. The molecule has 0 aromatic rings. The minimum Gasteiger partial charge on any atom is -0.480 e. The Hall–Kier alpha value is -1.99. The first-order valence-electron chi connectivity index (χ1n) is 5.71. The second-order valence-corrected chi connectivity index (χ2v) is 4.48. The van der Waals surface area contributed by atoms with Crippen LogP contribution in [0.4, 0.5) is 9.59 Å². The first-order valence-corrected chi connectivity index (χ1v) is 5.71. The highest BCUT2D eigenvalue weighted by atomic mass is 16.4. The Kier molecular flexibility index (Phi) is 2.80. The molecule has 2 heterocycles. The van der Waals surface area contributed by atoms with E-state index in [4.69, 9.17) is 5.11 Å². The second-order valence-electron chi connectivity index (χ2n) is 4.48. The molecule has 8 nitrogen and oxygen atoms in total. The fourth-order valence-electron chi connectivity index (χ4n) is 2.54. The lowest BCUT2D eigenvalue weighted by atomic mass is 10.2. The number of urea groups is 2. The highest BCUT2D eigenvalue weighted by Gasteiger charge is 2.55. The molecule has 0 bridgehead atoms. The van der Waals surface area contributed by atoms with Crippen molar-refractivity contribution in [2.45, 2.75) is 31.7 Å². The van der Waals surface area contributed by atoms with Crippen molar-refractivity contribution < 1.29 is 19.5 Å². The molecular formula is C10H16N4O4. The molecule has 2 aliphatic heterocycles. The van der Waals surface area contributed by atoms with Crippen LogP contribution in [0.3, 0.4) is 0 Å². The summed E-state index contributed by atoms with van der Waals surface area (Å²) in [5.74, 6) is -1.07. The van der Waals surface area contributed by atoms with E-state index >= 15 is 0 Å². The fourth-order valence-corrected chi connectivity index (χ4v) is 2.54. The van der Waals surface area contributed by atoms with Crippen LogP contribution in [-0.2, 0) is 4.79 Å². The Balaban J connectivity index is 2.34. The van der Waals surface area contributed by atoms with Crippen LogP contribution >= 0.6 is 0 Å². The first kappa shape index (κ1) is 12.5. The Bertz CT molecular complexity index is 413. The van der Waals surface area contributed by atoms with Gasteiger partial charge in [0.05, 0.1) is 0 Å². The zero-order valence-corrected chi connectivity index (χ0v) is 10.5. The molecule has 0 aromatic carbocycles. The number of carbonyl (C=O) groups is 3. The summed E-state index contributed by atoms with van der Waals surface area (Å²) in [5, 5.41) is 11.8. The predicted octanol–water partition coefficient (Wildman–Crippen LogP) is -0.476. The zero-order chi connectivity index (χ0) is 13.6. The quantitative estimate of drug-likeness (QED) is 0.713.